The van der Waals surface area contributed by atoms with Crippen molar-refractivity contribution in [3.8, 4) is 0 Å². The molecule has 0 bridgehead atoms. The van der Waals surface area contributed by atoms with Crippen molar-refractivity contribution in [2.45, 2.75) is 40.2 Å². The van der Waals surface area contributed by atoms with Crippen molar-refractivity contribution < 1.29 is 7.48 Å². The maximum Gasteiger partial charge on any atom is 0.0518 e. The predicted molar refractivity (Wildman–Crippen MR) is 40.5 cm³/mol. The zero-order valence-electron chi connectivity index (χ0n) is 8.77. The first-order chi connectivity index (χ1) is 4.86. The average Bonchev–Trinajstić information content (AvgIpc) is 1.84. The normalized spacial score (nSPS) is 16.2. The van der Waals surface area contributed by atoms with Crippen LogP contribution in [-0.2, 0) is 4.74 Å². The van der Waals surface area contributed by atoms with Gasteiger partial charge in [0.25, 0.3) is 0 Å². The van der Waals surface area contributed by atoms with E-state index in [1.165, 1.54) is 0 Å². The van der Waals surface area contributed by atoms with Crippen LogP contribution >= 0.6 is 0 Å². The fourth-order valence-electron chi connectivity index (χ4n) is 0.381. The molecule has 0 amide bonds. The highest BCUT2D eigenvalue weighted by atomic mass is 16.5. The predicted octanol–water partition coefficient (Wildman–Crippen LogP) is 2.46. The fourth-order valence-corrected chi connectivity index (χ4v) is 0.381. The molecule has 0 saturated carbocycles. The maximum absolute atomic E-state index is 7.52. The van der Waals surface area contributed by atoms with Crippen LogP contribution in [0.5, 0.6) is 0 Å². The van der Waals surface area contributed by atoms with Crippen LogP contribution in [0.4, 0.5) is 0 Å². The van der Waals surface area contributed by atoms with Crippen LogP contribution in [0.1, 0.15) is 36.8 Å². The molecule has 0 aliphatic heterocycles. The summed E-state index contributed by atoms with van der Waals surface area (Å²) >= 11 is 0. The molecule has 0 saturated heterocycles. The van der Waals surface area contributed by atoms with Crippen molar-refractivity contribution in [3.63, 3.8) is 0 Å². The first-order valence-corrected chi connectivity index (χ1v) is 3.48. The van der Waals surface area contributed by atoms with Crippen molar-refractivity contribution in [1.82, 2.24) is 0 Å². The Morgan fingerprint density at radius 3 is 2.22 bits per heavy atom. The highest BCUT2D eigenvalue weighted by molar-refractivity contribution is 4.43. The topological polar surface area (TPSA) is 9.23 Å². The Morgan fingerprint density at radius 1 is 1.33 bits per heavy atom. The van der Waals surface area contributed by atoms with E-state index < -0.39 is 6.37 Å². The summed E-state index contributed by atoms with van der Waals surface area (Å²) in [6, 6.07) is 0. The Hall–Kier alpha value is -0.0400. The standard InChI is InChI=1S/C8H18O/c1-7(2)5-6-9-8(3)4/h7-8H,5-6H2,1-4H3/i5D2. The molecular formula is C8H18O. The molecule has 0 radical (unpaired) electrons. The molecule has 0 heterocycles. The number of rotatable bonds is 4. The molecule has 0 spiro atoms. The minimum atomic E-state index is -1.19. The molecule has 0 N–H and O–H groups in total. The highest BCUT2D eigenvalue weighted by Gasteiger charge is 1.95. The molecule has 0 aromatic heterocycles. The van der Waals surface area contributed by atoms with Crippen LogP contribution in [0.3, 0.4) is 0 Å². The van der Waals surface area contributed by atoms with E-state index in [0.717, 1.165) is 0 Å². The summed E-state index contributed by atoms with van der Waals surface area (Å²) < 4.78 is 20.2. The Morgan fingerprint density at radius 2 is 1.89 bits per heavy atom. The van der Waals surface area contributed by atoms with Gasteiger partial charge in [0.15, 0.2) is 0 Å². The Bertz CT molecular complexity index is 111. The Balaban J connectivity index is 3.73. The monoisotopic (exact) mass is 132 g/mol. The van der Waals surface area contributed by atoms with Crippen LogP contribution in [0, 0.1) is 5.92 Å². The van der Waals surface area contributed by atoms with Gasteiger partial charge in [-0.15, -0.1) is 0 Å². The number of hydrogen-bond acceptors (Lipinski definition) is 1. The van der Waals surface area contributed by atoms with Gasteiger partial charge in [0.05, 0.1) is 6.10 Å². The van der Waals surface area contributed by atoms with Crippen molar-refractivity contribution in [2.24, 2.45) is 5.92 Å². The van der Waals surface area contributed by atoms with Gasteiger partial charge in [0, 0.05) is 9.35 Å². The summed E-state index contributed by atoms with van der Waals surface area (Å²) in [6.07, 6.45) is -1.08. The molecule has 0 atom stereocenters. The molecule has 0 rings (SSSR count). The minimum absolute atomic E-state index is 0.0150. The third-order valence-electron chi connectivity index (χ3n) is 0.908. The quantitative estimate of drug-likeness (QED) is 0.571. The molecule has 0 aliphatic rings. The lowest BCUT2D eigenvalue weighted by Gasteiger charge is -2.08. The second-order valence-corrected chi connectivity index (χ2v) is 2.72. The van der Waals surface area contributed by atoms with Crippen LogP contribution < -0.4 is 0 Å². The third-order valence-corrected chi connectivity index (χ3v) is 0.908. The average molecular weight is 132 g/mol. The molecule has 1 nitrogen and oxygen atoms in total. The molecule has 0 aromatic carbocycles. The van der Waals surface area contributed by atoms with Gasteiger partial charge in [-0.3, -0.25) is 0 Å². The summed E-state index contributed by atoms with van der Waals surface area (Å²) in [5.74, 6) is 0.0150. The first-order valence-electron chi connectivity index (χ1n) is 4.48. The SMILES string of the molecule is [2H]C([2H])(COC(C)C)C(C)C. The number of ether oxygens (including phenoxy) is 1. The van der Waals surface area contributed by atoms with Crippen molar-refractivity contribution >= 4 is 0 Å². The van der Waals surface area contributed by atoms with Crippen molar-refractivity contribution in [2.75, 3.05) is 6.61 Å². The van der Waals surface area contributed by atoms with Crippen LogP contribution in [0.15, 0.2) is 0 Å². The van der Waals surface area contributed by atoms with E-state index in [1.807, 2.05) is 27.7 Å². The molecule has 56 valence electrons. The zero-order valence-corrected chi connectivity index (χ0v) is 6.77. The van der Waals surface area contributed by atoms with Gasteiger partial charge >= 0.3 is 0 Å². The van der Waals surface area contributed by atoms with Gasteiger partial charge in [-0.25, -0.2) is 0 Å². The molecule has 0 aliphatic carbocycles. The van der Waals surface area contributed by atoms with E-state index in [4.69, 9.17) is 7.48 Å². The van der Waals surface area contributed by atoms with Gasteiger partial charge in [-0.05, 0) is 26.1 Å². The lowest BCUT2D eigenvalue weighted by molar-refractivity contribution is 0.0710. The summed E-state index contributed by atoms with van der Waals surface area (Å²) in [4.78, 5) is 0. The molecular weight excluding hydrogens is 112 g/mol. The lowest BCUT2D eigenvalue weighted by atomic mass is 10.1. The van der Waals surface area contributed by atoms with E-state index in [2.05, 4.69) is 0 Å². The number of hydrogen-bond donors (Lipinski definition) is 0. The lowest BCUT2D eigenvalue weighted by Crippen LogP contribution is -2.05. The largest absolute Gasteiger partial charge is 0.379 e. The summed E-state index contributed by atoms with van der Waals surface area (Å²) in [6.45, 7) is 7.75. The summed E-state index contributed by atoms with van der Waals surface area (Å²) in [5, 5.41) is 0. The van der Waals surface area contributed by atoms with E-state index in [1.54, 1.807) is 0 Å². The van der Waals surface area contributed by atoms with E-state index in [-0.39, 0.29) is 18.6 Å². The first kappa shape index (κ1) is 5.72. The third kappa shape index (κ3) is 7.96. The van der Waals surface area contributed by atoms with Gasteiger partial charge in [-0.2, -0.15) is 0 Å². The van der Waals surface area contributed by atoms with E-state index in [9.17, 15) is 0 Å². The second-order valence-electron chi connectivity index (χ2n) is 2.72. The molecule has 9 heavy (non-hydrogen) atoms. The van der Waals surface area contributed by atoms with Crippen LogP contribution in [-0.4, -0.2) is 12.7 Å². The molecule has 0 fully saturated rings. The van der Waals surface area contributed by atoms with Crippen molar-refractivity contribution in [1.29, 1.82) is 0 Å². The van der Waals surface area contributed by atoms with E-state index in [0.29, 0.717) is 0 Å². The van der Waals surface area contributed by atoms with Gasteiger partial charge < -0.3 is 4.74 Å². The summed E-state index contributed by atoms with van der Waals surface area (Å²) in [5.41, 5.74) is 0. The molecule has 0 unspecified atom stereocenters. The molecule has 1 heteroatoms. The van der Waals surface area contributed by atoms with E-state index >= 15 is 0 Å². The maximum atomic E-state index is 7.52. The van der Waals surface area contributed by atoms with Crippen molar-refractivity contribution in [3.05, 3.63) is 0 Å². The van der Waals surface area contributed by atoms with Gasteiger partial charge in [0.1, 0.15) is 0 Å². The molecule has 0 aromatic rings. The second kappa shape index (κ2) is 4.80. The smallest absolute Gasteiger partial charge is 0.0518 e. The minimum Gasteiger partial charge on any atom is -0.379 e. The van der Waals surface area contributed by atoms with Crippen LogP contribution in [0.25, 0.3) is 0 Å². The van der Waals surface area contributed by atoms with Gasteiger partial charge in [-0.1, -0.05) is 13.8 Å². The van der Waals surface area contributed by atoms with Crippen LogP contribution in [0.2, 0.25) is 0 Å². The summed E-state index contributed by atoms with van der Waals surface area (Å²) in [7, 11) is 0. The highest BCUT2D eigenvalue weighted by Crippen LogP contribution is 2.00. The van der Waals surface area contributed by atoms with Gasteiger partial charge in [0.2, 0.25) is 0 Å². The Labute approximate surface area is 61.2 Å². The zero-order chi connectivity index (χ0) is 9.07. The fraction of sp³-hybridized carbons (Fsp3) is 1.00. The Kier molecular flexibility index (Phi) is 3.05.